The van der Waals surface area contributed by atoms with Crippen LogP contribution in [0, 0.1) is 11.8 Å². The number of esters is 1. The quantitative estimate of drug-likeness (QED) is 0.308. The van der Waals surface area contributed by atoms with Gasteiger partial charge in [0.25, 0.3) is 0 Å². The zero-order valence-electron chi connectivity index (χ0n) is 22.2. The van der Waals surface area contributed by atoms with Gasteiger partial charge in [-0.1, -0.05) is 39.8 Å². The first-order valence-corrected chi connectivity index (χ1v) is 14.0. The van der Waals surface area contributed by atoms with Gasteiger partial charge in [0.05, 0.1) is 25.2 Å². The molecule has 11 heteroatoms. The standard InChI is InChI=1S/C26H39N3O7S/c1-18(2)16-22(25(31)27-23(17-19(3)4)26(32)35-5)28-37(33,34)21-9-6-20(7-10-21)8-11-24(30)29-12-14-36-15-13-29/h6-11,18-19,22-23,28H,12-17H2,1-5H3,(H,27,31)/b11-8+/t22-,23-/m0/s1. The summed E-state index contributed by atoms with van der Waals surface area (Å²) in [5, 5.41) is 2.65. The zero-order valence-corrected chi connectivity index (χ0v) is 23.0. The third-order valence-corrected chi connectivity index (χ3v) is 7.25. The molecule has 1 heterocycles. The van der Waals surface area contributed by atoms with E-state index in [-0.39, 0.29) is 29.1 Å². The molecule has 0 radical (unpaired) electrons. The van der Waals surface area contributed by atoms with E-state index < -0.39 is 34.0 Å². The molecule has 37 heavy (non-hydrogen) atoms. The Morgan fingerprint density at radius 3 is 2.11 bits per heavy atom. The highest BCUT2D eigenvalue weighted by molar-refractivity contribution is 7.89. The highest BCUT2D eigenvalue weighted by atomic mass is 32.2. The first kappa shape index (κ1) is 30.5. The number of nitrogens with one attached hydrogen (secondary N) is 2. The summed E-state index contributed by atoms with van der Waals surface area (Å²) in [7, 11) is -2.80. The second kappa shape index (κ2) is 14.3. The fraction of sp³-hybridized carbons (Fsp3) is 0.577. The molecule has 0 aliphatic carbocycles. The molecule has 0 aromatic heterocycles. The molecule has 2 amide bonds. The number of benzene rings is 1. The highest BCUT2D eigenvalue weighted by Gasteiger charge is 2.30. The lowest BCUT2D eigenvalue weighted by atomic mass is 10.0. The van der Waals surface area contributed by atoms with Crippen LogP contribution >= 0.6 is 0 Å². The molecule has 1 aromatic carbocycles. The molecule has 1 saturated heterocycles. The molecule has 0 spiro atoms. The van der Waals surface area contributed by atoms with Crippen LogP contribution in [0.5, 0.6) is 0 Å². The molecule has 0 unspecified atom stereocenters. The molecular weight excluding hydrogens is 498 g/mol. The summed E-state index contributed by atoms with van der Waals surface area (Å²) in [6.45, 7) is 9.66. The topological polar surface area (TPSA) is 131 Å². The van der Waals surface area contributed by atoms with Crippen molar-refractivity contribution < 1.29 is 32.3 Å². The predicted octanol–water partition coefficient (Wildman–Crippen LogP) is 1.96. The third-order valence-electron chi connectivity index (χ3n) is 5.76. The summed E-state index contributed by atoms with van der Waals surface area (Å²) in [6, 6.07) is 4.07. The fourth-order valence-electron chi connectivity index (χ4n) is 3.85. The van der Waals surface area contributed by atoms with E-state index in [0.29, 0.717) is 38.3 Å². The van der Waals surface area contributed by atoms with Crippen LogP contribution in [0.15, 0.2) is 35.2 Å². The number of carbonyl (C=O) groups is 3. The van der Waals surface area contributed by atoms with E-state index in [0.717, 1.165) is 0 Å². The summed E-state index contributed by atoms with van der Waals surface area (Å²) < 4.78 is 38.7. The van der Waals surface area contributed by atoms with Gasteiger partial charge < -0.3 is 19.7 Å². The van der Waals surface area contributed by atoms with Crippen LogP contribution in [0.1, 0.15) is 46.1 Å². The van der Waals surface area contributed by atoms with E-state index in [2.05, 4.69) is 10.0 Å². The van der Waals surface area contributed by atoms with Crippen LogP contribution in [0.2, 0.25) is 0 Å². The molecule has 1 aromatic rings. The Kier molecular flexibility index (Phi) is 11.7. The van der Waals surface area contributed by atoms with Crippen molar-refractivity contribution in [1.29, 1.82) is 0 Å². The molecule has 10 nitrogen and oxygen atoms in total. The maximum atomic E-state index is 13.1. The van der Waals surface area contributed by atoms with Gasteiger partial charge in [0.15, 0.2) is 0 Å². The van der Waals surface area contributed by atoms with Crippen molar-refractivity contribution in [3.8, 4) is 0 Å². The van der Waals surface area contributed by atoms with Gasteiger partial charge in [-0.15, -0.1) is 0 Å². The minimum atomic E-state index is -4.04. The molecule has 2 rings (SSSR count). The van der Waals surface area contributed by atoms with Crippen LogP contribution in [-0.2, 0) is 33.9 Å². The molecule has 0 bridgehead atoms. The molecule has 1 aliphatic heterocycles. The van der Waals surface area contributed by atoms with Crippen molar-refractivity contribution in [2.24, 2.45) is 11.8 Å². The summed E-state index contributed by atoms with van der Waals surface area (Å²) in [6.07, 6.45) is 3.68. The first-order chi connectivity index (χ1) is 17.4. The molecule has 1 aliphatic rings. The van der Waals surface area contributed by atoms with Gasteiger partial charge in [-0.2, -0.15) is 4.72 Å². The predicted molar refractivity (Wildman–Crippen MR) is 140 cm³/mol. The van der Waals surface area contributed by atoms with Crippen molar-refractivity contribution in [3.63, 3.8) is 0 Å². The Morgan fingerprint density at radius 1 is 1.00 bits per heavy atom. The number of morpholine rings is 1. The van der Waals surface area contributed by atoms with Gasteiger partial charge in [0.1, 0.15) is 12.1 Å². The number of rotatable bonds is 12. The monoisotopic (exact) mass is 537 g/mol. The molecule has 0 saturated carbocycles. The smallest absolute Gasteiger partial charge is 0.328 e. The number of amides is 2. The van der Waals surface area contributed by atoms with Gasteiger partial charge >= 0.3 is 5.97 Å². The lowest BCUT2D eigenvalue weighted by Crippen LogP contribution is -2.52. The van der Waals surface area contributed by atoms with Gasteiger partial charge in [-0.25, -0.2) is 13.2 Å². The van der Waals surface area contributed by atoms with Gasteiger partial charge in [0, 0.05) is 19.2 Å². The normalized spacial score (nSPS) is 16.1. The van der Waals surface area contributed by atoms with Crippen molar-refractivity contribution in [2.45, 2.75) is 57.5 Å². The number of ether oxygens (including phenoxy) is 2. The summed E-state index contributed by atoms with van der Waals surface area (Å²) >= 11 is 0. The number of carbonyl (C=O) groups excluding carboxylic acids is 3. The van der Waals surface area contributed by atoms with E-state index >= 15 is 0 Å². The minimum absolute atomic E-state index is 0.0108. The number of hydrogen-bond donors (Lipinski definition) is 2. The Bertz CT molecular complexity index is 1050. The van der Waals surface area contributed by atoms with E-state index in [1.165, 1.54) is 25.3 Å². The van der Waals surface area contributed by atoms with Crippen molar-refractivity contribution >= 4 is 33.9 Å². The summed E-state index contributed by atoms with van der Waals surface area (Å²) in [5.74, 6) is -1.18. The number of sulfonamides is 1. The zero-order chi connectivity index (χ0) is 27.6. The maximum absolute atomic E-state index is 13.1. The summed E-state index contributed by atoms with van der Waals surface area (Å²) in [4.78, 5) is 39.1. The Hall–Kier alpha value is -2.76. The Morgan fingerprint density at radius 2 is 1.57 bits per heavy atom. The van der Waals surface area contributed by atoms with Gasteiger partial charge in [-0.05, 0) is 48.4 Å². The van der Waals surface area contributed by atoms with Crippen molar-refractivity contribution in [2.75, 3.05) is 33.4 Å². The molecule has 206 valence electrons. The fourth-order valence-corrected chi connectivity index (χ4v) is 5.06. The Balaban J connectivity index is 2.12. The van der Waals surface area contributed by atoms with Crippen LogP contribution in [0.25, 0.3) is 6.08 Å². The molecule has 2 N–H and O–H groups in total. The van der Waals surface area contributed by atoms with Crippen molar-refractivity contribution in [1.82, 2.24) is 14.9 Å². The van der Waals surface area contributed by atoms with Crippen LogP contribution < -0.4 is 10.0 Å². The minimum Gasteiger partial charge on any atom is -0.467 e. The number of nitrogens with zero attached hydrogens (tertiary/aromatic N) is 1. The molecule has 1 fully saturated rings. The number of methoxy groups -OCH3 is 1. The van der Waals surface area contributed by atoms with Gasteiger partial charge in [0.2, 0.25) is 21.8 Å². The molecular formula is C26H39N3O7S. The third kappa shape index (κ3) is 9.90. The highest BCUT2D eigenvalue weighted by Crippen LogP contribution is 2.16. The van der Waals surface area contributed by atoms with Crippen LogP contribution in [-0.4, -0.2) is 76.6 Å². The average Bonchev–Trinajstić information content (AvgIpc) is 2.86. The van der Waals surface area contributed by atoms with E-state index in [9.17, 15) is 22.8 Å². The second-order valence-corrected chi connectivity index (χ2v) is 11.6. The lowest BCUT2D eigenvalue weighted by Gasteiger charge is -2.25. The van der Waals surface area contributed by atoms with Crippen LogP contribution in [0.4, 0.5) is 0 Å². The largest absolute Gasteiger partial charge is 0.467 e. The number of hydrogen-bond acceptors (Lipinski definition) is 7. The second-order valence-electron chi connectivity index (χ2n) is 9.86. The van der Waals surface area contributed by atoms with Crippen molar-refractivity contribution in [3.05, 3.63) is 35.9 Å². The Labute approximate surface area is 219 Å². The van der Waals surface area contributed by atoms with Crippen LogP contribution in [0.3, 0.4) is 0 Å². The first-order valence-electron chi connectivity index (χ1n) is 12.5. The average molecular weight is 538 g/mol. The van der Waals surface area contributed by atoms with E-state index in [1.54, 1.807) is 23.1 Å². The van der Waals surface area contributed by atoms with Gasteiger partial charge in [-0.3, -0.25) is 9.59 Å². The lowest BCUT2D eigenvalue weighted by molar-refractivity contribution is -0.145. The SMILES string of the molecule is COC(=O)[C@H](CC(C)C)NC(=O)[C@H](CC(C)C)NS(=O)(=O)c1ccc(/C=C/C(=O)N2CCOCC2)cc1. The summed E-state index contributed by atoms with van der Waals surface area (Å²) in [5.41, 5.74) is 0.659. The van der Waals surface area contributed by atoms with E-state index in [1.807, 2.05) is 27.7 Å². The maximum Gasteiger partial charge on any atom is 0.328 e. The molecule has 2 atom stereocenters. The van der Waals surface area contributed by atoms with E-state index in [4.69, 9.17) is 9.47 Å².